The summed E-state index contributed by atoms with van der Waals surface area (Å²) in [7, 11) is 0. The average molecular weight is 192 g/mol. The van der Waals surface area contributed by atoms with Crippen molar-refractivity contribution in [3.8, 4) is 0 Å². The second-order valence-electron chi connectivity index (χ2n) is 4.26. The van der Waals surface area contributed by atoms with Crippen molar-refractivity contribution in [3.05, 3.63) is 35.5 Å². The fraction of sp³-hybridized carbons (Fsp3) is 0.417. The Balaban J connectivity index is 3.02. The van der Waals surface area contributed by atoms with E-state index in [2.05, 4.69) is 19.9 Å². The van der Waals surface area contributed by atoms with Gasteiger partial charge in [0.05, 0.1) is 0 Å². The van der Waals surface area contributed by atoms with Crippen LogP contribution in [0.25, 0.3) is 0 Å². The lowest BCUT2D eigenvalue weighted by Gasteiger charge is -2.29. The van der Waals surface area contributed by atoms with Crippen molar-refractivity contribution in [2.24, 2.45) is 5.41 Å². The molecule has 0 bridgehead atoms. The van der Waals surface area contributed by atoms with Gasteiger partial charge in [-0.05, 0) is 29.9 Å². The van der Waals surface area contributed by atoms with E-state index in [1.807, 2.05) is 13.0 Å². The van der Waals surface area contributed by atoms with Crippen molar-refractivity contribution in [1.82, 2.24) is 0 Å². The predicted octanol–water partition coefficient (Wildman–Crippen LogP) is 2.93. The zero-order chi connectivity index (χ0) is 10.8. The fourth-order valence-electron chi connectivity index (χ4n) is 1.78. The van der Waals surface area contributed by atoms with Gasteiger partial charge in [0.15, 0.2) is 0 Å². The molecule has 1 aliphatic carbocycles. The smallest absolute Gasteiger partial charge is 0.328 e. The largest absolute Gasteiger partial charge is 0.478 e. The zero-order valence-electron chi connectivity index (χ0n) is 8.87. The highest BCUT2D eigenvalue weighted by atomic mass is 16.4. The van der Waals surface area contributed by atoms with E-state index in [1.165, 1.54) is 6.08 Å². The third-order valence-electron chi connectivity index (χ3n) is 2.54. The van der Waals surface area contributed by atoms with Crippen LogP contribution in [-0.4, -0.2) is 11.1 Å². The van der Waals surface area contributed by atoms with Gasteiger partial charge < -0.3 is 5.11 Å². The predicted molar refractivity (Wildman–Crippen MR) is 57.0 cm³/mol. The summed E-state index contributed by atoms with van der Waals surface area (Å²) >= 11 is 0. The first-order chi connectivity index (χ1) is 6.43. The van der Waals surface area contributed by atoms with Gasteiger partial charge in [0, 0.05) is 6.08 Å². The molecule has 2 heteroatoms. The molecule has 0 aliphatic heterocycles. The van der Waals surface area contributed by atoms with Crippen molar-refractivity contribution in [3.63, 3.8) is 0 Å². The van der Waals surface area contributed by atoms with Crippen LogP contribution in [0.3, 0.4) is 0 Å². The number of carbonyl (C=O) groups is 1. The van der Waals surface area contributed by atoms with Crippen LogP contribution in [0.15, 0.2) is 35.5 Å². The summed E-state index contributed by atoms with van der Waals surface area (Å²) in [5.41, 5.74) is 2.31. The molecule has 0 aromatic carbocycles. The number of carboxylic acids is 1. The molecule has 0 radical (unpaired) electrons. The first-order valence-corrected chi connectivity index (χ1v) is 4.72. The van der Waals surface area contributed by atoms with Gasteiger partial charge in [-0.3, -0.25) is 0 Å². The molecule has 0 aromatic heterocycles. The van der Waals surface area contributed by atoms with Crippen molar-refractivity contribution < 1.29 is 9.90 Å². The Morgan fingerprint density at radius 3 is 2.71 bits per heavy atom. The summed E-state index contributed by atoms with van der Waals surface area (Å²) in [5.74, 6) is -0.893. The summed E-state index contributed by atoms with van der Waals surface area (Å²) in [4.78, 5) is 10.4. The molecule has 2 nitrogen and oxygen atoms in total. The Bertz CT molecular complexity index is 330. The van der Waals surface area contributed by atoms with Gasteiger partial charge in [-0.15, -0.1) is 0 Å². The van der Waals surface area contributed by atoms with Gasteiger partial charge in [-0.1, -0.05) is 32.1 Å². The third kappa shape index (κ3) is 2.34. The normalized spacial score (nSPS) is 20.5. The van der Waals surface area contributed by atoms with Crippen LogP contribution in [0, 0.1) is 5.41 Å². The molecule has 0 atom stereocenters. The summed E-state index contributed by atoms with van der Waals surface area (Å²) in [5, 5.41) is 8.57. The van der Waals surface area contributed by atoms with Crippen molar-refractivity contribution in [2.75, 3.05) is 0 Å². The molecule has 0 fully saturated rings. The number of carboxylic acid groups (broad SMARTS) is 1. The molecule has 76 valence electrons. The highest BCUT2D eigenvalue weighted by Gasteiger charge is 2.23. The lowest BCUT2D eigenvalue weighted by atomic mass is 9.75. The van der Waals surface area contributed by atoms with E-state index < -0.39 is 5.97 Å². The molecule has 0 amide bonds. The van der Waals surface area contributed by atoms with Gasteiger partial charge >= 0.3 is 5.97 Å². The monoisotopic (exact) mass is 192 g/mol. The second kappa shape index (κ2) is 3.82. The molecular formula is C12H16O2. The van der Waals surface area contributed by atoms with Gasteiger partial charge in [0.1, 0.15) is 0 Å². The van der Waals surface area contributed by atoms with Crippen LogP contribution in [0.4, 0.5) is 0 Å². The molecule has 0 saturated heterocycles. The summed E-state index contributed by atoms with van der Waals surface area (Å²) in [6.07, 6.45) is 8.06. The third-order valence-corrected chi connectivity index (χ3v) is 2.54. The first-order valence-electron chi connectivity index (χ1n) is 4.72. The van der Waals surface area contributed by atoms with Crippen LogP contribution in [0.5, 0.6) is 0 Å². The van der Waals surface area contributed by atoms with E-state index in [4.69, 9.17) is 5.11 Å². The Labute approximate surface area is 84.6 Å². The maximum absolute atomic E-state index is 10.4. The topological polar surface area (TPSA) is 37.3 Å². The molecule has 14 heavy (non-hydrogen) atoms. The lowest BCUT2D eigenvalue weighted by Crippen LogP contribution is -2.16. The summed E-state index contributed by atoms with van der Waals surface area (Å²) in [6, 6.07) is 0. The van der Waals surface area contributed by atoms with Gasteiger partial charge in [0.25, 0.3) is 0 Å². The lowest BCUT2D eigenvalue weighted by molar-refractivity contribution is -0.131. The number of allylic oxidation sites excluding steroid dienone is 5. The Kier molecular flexibility index (Phi) is 2.94. The van der Waals surface area contributed by atoms with E-state index in [0.29, 0.717) is 0 Å². The maximum Gasteiger partial charge on any atom is 0.328 e. The minimum Gasteiger partial charge on any atom is -0.478 e. The second-order valence-corrected chi connectivity index (χ2v) is 4.26. The van der Waals surface area contributed by atoms with E-state index in [-0.39, 0.29) is 5.41 Å². The summed E-state index contributed by atoms with van der Waals surface area (Å²) in [6.45, 7) is 6.27. The molecule has 0 spiro atoms. The highest BCUT2D eigenvalue weighted by molar-refractivity contribution is 5.80. The zero-order valence-corrected chi connectivity index (χ0v) is 8.87. The van der Waals surface area contributed by atoms with Crippen LogP contribution in [0.2, 0.25) is 0 Å². The molecule has 0 aromatic rings. The standard InChI is InChI=1S/C12H16O2/c1-9-5-4-8-12(2,3)10(9)6-7-11(13)14/h4-7H,8H2,1-3H3,(H,13,14)/b7-6+. The molecule has 0 unspecified atom stereocenters. The summed E-state index contributed by atoms with van der Waals surface area (Å²) < 4.78 is 0. The van der Waals surface area contributed by atoms with Crippen molar-refractivity contribution >= 4 is 5.97 Å². The van der Waals surface area contributed by atoms with Gasteiger partial charge in [-0.25, -0.2) is 4.79 Å². The number of hydrogen-bond donors (Lipinski definition) is 1. The minimum absolute atomic E-state index is 0.0464. The van der Waals surface area contributed by atoms with Crippen LogP contribution < -0.4 is 0 Å². The Hall–Kier alpha value is -1.31. The molecule has 1 aliphatic rings. The van der Waals surface area contributed by atoms with Crippen LogP contribution in [0.1, 0.15) is 27.2 Å². The number of rotatable bonds is 2. The van der Waals surface area contributed by atoms with Gasteiger partial charge in [-0.2, -0.15) is 0 Å². The number of hydrogen-bond acceptors (Lipinski definition) is 1. The van der Waals surface area contributed by atoms with E-state index >= 15 is 0 Å². The van der Waals surface area contributed by atoms with Crippen LogP contribution in [-0.2, 0) is 4.79 Å². The quantitative estimate of drug-likeness (QED) is 0.683. The van der Waals surface area contributed by atoms with Crippen molar-refractivity contribution in [2.45, 2.75) is 27.2 Å². The van der Waals surface area contributed by atoms with Gasteiger partial charge in [0.2, 0.25) is 0 Å². The Morgan fingerprint density at radius 2 is 2.21 bits per heavy atom. The number of aliphatic carboxylic acids is 1. The average Bonchev–Trinajstić information content (AvgIpc) is 2.01. The minimum atomic E-state index is -0.893. The maximum atomic E-state index is 10.4. The molecule has 1 N–H and O–H groups in total. The first kappa shape index (κ1) is 10.8. The van der Waals surface area contributed by atoms with Crippen LogP contribution >= 0.6 is 0 Å². The van der Waals surface area contributed by atoms with E-state index in [1.54, 1.807) is 6.08 Å². The molecule has 0 heterocycles. The Morgan fingerprint density at radius 1 is 1.57 bits per heavy atom. The van der Waals surface area contributed by atoms with Crippen molar-refractivity contribution in [1.29, 1.82) is 0 Å². The van der Waals surface area contributed by atoms with E-state index in [9.17, 15) is 4.79 Å². The highest BCUT2D eigenvalue weighted by Crippen LogP contribution is 2.37. The fourth-order valence-corrected chi connectivity index (χ4v) is 1.78. The molecule has 0 saturated carbocycles. The molecule has 1 rings (SSSR count). The SMILES string of the molecule is CC1=C(/C=C/C(=O)O)C(C)(C)CC=C1. The van der Waals surface area contributed by atoms with E-state index in [0.717, 1.165) is 17.6 Å². The molecular weight excluding hydrogens is 176 g/mol.